The summed E-state index contributed by atoms with van der Waals surface area (Å²) < 4.78 is 6.54. The number of benzene rings is 3. The third kappa shape index (κ3) is 6.41. The maximum atomic E-state index is 11.7. The van der Waals surface area contributed by atoms with E-state index in [9.17, 15) is 9.90 Å². The third-order valence-corrected chi connectivity index (χ3v) is 11.8. The first-order valence-corrected chi connectivity index (χ1v) is 20.1. The number of furan rings is 1. The van der Waals surface area contributed by atoms with Gasteiger partial charge in [-0.15, -0.1) is 23.6 Å². The SMILES string of the molecule is CC1(C)c2cc3ccccc3[c-]c2-c2nccc3oc4c([Si](C)(C)C)ccc1c4c23.CCC(CC)C(=O)/C=C(\O)C(CC)CC.[Ir]. The summed E-state index contributed by atoms with van der Waals surface area (Å²) in [4.78, 5) is 16.6. The molecule has 0 bridgehead atoms. The Morgan fingerprint density at radius 3 is 2.22 bits per heavy atom. The van der Waals surface area contributed by atoms with Gasteiger partial charge in [0.05, 0.1) is 13.8 Å². The standard InChI is InChI=1S/C27H24NOSi.C13H24O2.Ir/c1-27(2)19-10-11-22(30(3,4)5)26-23(19)24-21(29-26)12-13-28-25(24)18-14-16-8-6-7-9-17(16)15-20(18)27;1-5-10(6-2)12(14)9-13(15)11(7-3)8-4;/h6-13,15H,1-5H3;9-11,14H,5-8H2,1-4H3;/q-1;;/b;12-9-;. The van der Waals surface area contributed by atoms with Crippen LogP contribution in [0.15, 0.2) is 71.0 Å². The van der Waals surface area contributed by atoms with Gasteiger partial charge in [-0.1, -0.05) is 108 Å². The molecule has 0 amide bonds. The van der Waals surface area contributed by atoms with Gasteiger partial charge in [-0.25, -0.2) is 0 Å². The van der Waals surface area contributed by atoms with Gasteiger partial charge in [0.1, 0.15) is 11.2 Å². The van der Waals surface area contributed by atoms with Crippen LogP contribution in [0.2, 0.25) is 19.6 Å². The summed E-state index contributed by atoms with van der Waals surface area (Å²) in [5.41, 5.74) is 6.47. The van der Waals surface area contributed by atoms with Crippen molar-refractivity contribution < 1.29 is 34.4 Å². The van der Waals surface area contributed by atoms with E-state index in [0.717, 1.165) is 58.9 Å². The molecular formula is C40H48IrNO3Si-. The molecule has 0 unspecified atom stereocenters. The number of ketones is 1. The molecule has 0 spiro atoms. The summed E-state index contributed by atoms with van der Waals surface area (Å²) in [6, 6.07) is 21.2. The molecule has 46 heavy (non-hydrogen) atoms. The van der Waals surface area contributed by atoms with E-state index in [1.54, 1.807) is 0 Å². The fourth-order valence-electron chi connectivity index (χ4n) is 6.89. The second-order valence-electron chi connectivity index (χ2n) is 14.0. The van der Waals surface area contributed by atoms with E-state index >= 15 is 0 Å². The average molecular weight is 811 g/mol. The summed E-state index contributed by atoms with van der Waals surface area (Å²) in [6.07, 6.45) is 6.78. The quantitative estimate of drug-likeness (QED) is 0.0734. The van der Waals surface area contributed by atoms with E-state index in [-0.39, 0.29) is 48.9 Å². The molecule has 2 heterocycles. The number of carbonyl (C=O) groups excluding carboxylic acids is 1. The Morgan fingerprint density at radius 2 is 1.59 bits per heavy atom. The molecule has 3 aromatic carbocycles. The number of allylic oxidation sites excluding steroid dienone is 2. The molecule has 245 valence electrons. The predicted octanol–water partition coefficient (Wildman–Crippen LogP) is 10.7. The van der Waals surface area contributed by atoms with Crippen LogP contribution in [0.1, 0.15) is 78.4 Å². The molecule has 6 rings (SSSR count). The van der Waals surface area contributed by atoms with Crippen LogP contribution < -0.4 is 5.19 Å². The van der Waals surface area contributed by atoms with Crippen LogP contribution >= 0.6 is 0 Å². The number of pyridine rings is 1. The van der Waals surface area contributed by atoms with Crippen molar-refractivity contribution in [1.29, 1.82) is 0 Å². The van der Waals surface area contributed by atoms with Gasteiger partial charge in [0.2, 0.25) is 0 Å². The van der Waals surface area contributed by atoms with Crippen LogP contribution in [0.4, 0.5) is 0 Å². The summed E-state index contributed by atoms with van der Waals surface area (Å²) in [7, 11) is -1.58. The van der Waals surface area contributed by atoms with Gasteiger partial charge < -0.3 is 9.52 Å². The minimum atomic E-state index is -1.58. The number of carbonyl (C=O) groups is 1. The summed E-state index contributed by atoms with van der Waals surface area (Å²) in [5, 5.41) is 15.9. The molecule has 0 aliphatic heterocycles. The van der Waals surface area contributed by atoms with Crippen molar-refractivity contribution in [2.75, 3.05) is 0 Å². The van der Waals surface area contributed by atoms with Crippen molar-refractivity contribution in [1.82, 2.24) is 4.98 Å². The smallest absolute Gasteiger partial charge is 0.162 e. The fourth-order valence-corrected chi connectivity index (χ4v) is 8.33. The first-order chi connectivity index (χ1) is 21.4. The first kappa shape index (κ1) is 35.8. The average Bonchev–Trinajstić information content (AvgIpc) is 3.37. The van der Waals surface area contributed by atoms with E-state index in [2.05, 4.69) is 82.0 Å². The van der Waals surface area contributed by atoms with E-state index in [1.165, 1.54) is 33.2 Å². The maximum Gasteiger partial charge on any atom is 0.162 e. The second-order valence-corrected chi connectivity index (χ2v) is 19.1. The van der Waals surface area contributed by atoms with Crippen LogP contribution in [0.25, 0.3) is 44.0 Å². The zero-order valence-electron chi connectivity index (χ0n) is 28.8. The van der Waals surface area contributed by atoms with Gasteiger partial charge >= 0.3 is 0 Å². The van der Waals surface area contributed by atoms with Crippen molar-refractivity contribution in [2.24, 2.45) is 11.8 Å². The number of rotatable bonds is 8. The maximum absolute atomic E-state index is 11.7. The molecule has 0 saturated carbocycles. The number of aliphatic hydroxyl groups is 1. The number of hydrogen-bond donors (Lipinski definition) is 1. The molecule has 6 heteroatoms. The minimum Gasteiger partial charge on any atom is -0.512 e. The molecule has 1 radical (unpaired) electrons. The Morgan fingerprint density at radius 1 is 0.935 bits per heavy atom. The van der Waals surface area contributed by atoms with Gasteiger partial charge in [-0.05, 0) is 47.9 Å². The van der Waals surface area contributed by atoms with E-state index < -0.39 is 8.07 Å². The molecule has 1 N–H and O–H groups in total. The Balaban J connectivity index is 0.000000259. The van der Waals surface area contributed by atoms with E-state index in [0.29, 0.717) is 0 Å². The molecule has 1 aliphatic rings. The van der Waals surface area contributed by atoms with Gasteiger partial charge in [-0.3, -0.25) is 9.78 Å². The van der Waals surface area contributed by atoms with Crippen molar-refractivity contribution >= 4 is 51.8 Å². The molecule has 0 saturated heterocycles. The van der Waals surface area contributed by atoms with Crippen LogP contribution in [-0.2, 0) is 30.3 Å². The molecule has 0 fully saturated rings. The summed E-state index contributed by atoms with van der Waals surface area (Å²) in [6.45, 7) is 19.9. The van der Waals surface area contributed by atoms with Gasteiger partial charge in [0.15, 0.2) is 5.78 Å². The van der Waals surface area contributed by atoms with Crippen LogP contribution in [0.3, 0.4) is 0 Å². The van der Waals surface area contributed by atoms with Crippen LogP contribution in [0, 0.1) is 17.9 Å². The Hall–Kier alpha value is -3.05. The van der Waals surface area contributed by atoms with Crippen molar-refractivity contribution in [3.8, 4) is 11.3 Å². The van der Waals surface area contributed by atoms with E-state index in [4.69, 9.17) is 9.40 Å². The molecule has 2 aromatic heterocycles. The molecule has 1 aliphatic carbocycles. The number of nitrogens with zero attached hydrogens (tertiary/aromatic N) is 1. The Bertz CT molecular complexity index is 1910. The predicted molar refractivity (Wildman–Crippen MR) is 192 cm³/mol. The van der Waals surface area contributed by atoms with Crippen molar-refractivity contribution in [3.05, 3.63) is 83.8 Å². The Kier molecular flexibility index (Phi) is 10.9. The van der Waals surface area contributed by atoms with Crippen molar-refractivity contribution in [2.45, 2.75) is 92.3 Å². The summed E-state index contributed by atoms with van der Waals surface area (Å²) in [5.74, 6) is 0.547. The largest absolute Gasteiger partial charge is 0.512 e. The fraction of sp³-hybridized carbons (Fsp3) is 0.400. The topological polar surface area (TPSA) is 63.3 Å². The second kappa shape index (κ2) is 14.0. The normalized spacial score (nSPS) is 13.9. The molecule has 0 atom stereocenters. The van der Waals surface area contributed by atoms with E-state index in [1.807, 2.05) is 40.0 Å². The van der Waals surface area contributed by atoms with Gasteiger partial charge in [-0.2, -0.15) is 0 Å². The number of hydrogen-bond acceptors (Lipinski definition) is 4. The minimum absolute atomic E-state index is 0. The number of aliphatic hydroxyl groups excluding tert-OH is 1. The zero-order chi connectivity index (χ0) is 32.7. The first-order valence-electron chi connectivity index (χ1n) is 16.6. The van der Waals surface area contributed by atoms with Gasteiger partial charge in [0.25, 0.3) is 0 Å². The number of aromatic nitrogens is 1. The van der Waals surface area contributed by atoms with Crippen LogP contribution in [0.5, 0.6) is 0 Å². The zero-order valence-corrected chi connectivity index (χ0v) is 32.2. The molecule has 4 nitrogen and oxygen atoms in total. The van der Waals surface area contributed by atoms with Crippen LogP contribution in [-0.4, -0.2) is 23.9 Å². The molecular weight excluding hydrogens is 763 g/mol. The monoisotopic (exact) mass is 811 g/mol. The third-order valence-electron chi connectivity index (χ3n) is 9.80. The number of fused-ring (bicyclic) bond motifs is 3. The summed E-state index contributed by atoms with van der Waals surface area (Å²) >= 11 is 0. The van der Waals surface area contributed by atoms with Crippen molar-refractivity contribution in [3.63, 3.8) is 0 Å². The van der Waals surface area contributed by atoms with Gasteiger partial charge in [0, 0.05) is 60.7 Å². The molecule has 5 aromatic rings. The Labute approximate surface area is 289 Å².